The first-order valence-corrected chi connectivity index (χ1v) is 1.46. The van der Waals surface area contributed by atoms with E-state index >= 15 is 0 Å². The molecule has 0 spiro atoms. The number of hydrogen-bond donors (Lipinski definition) is 2. The Labute approximate surface area is 46.4 Å². The molecule has 2 heteroatoms. The largest absolute Gasteiger partial charge is 0.395 e. The van der Waals surface area contributed by atoms with Gasteiger partial charge in [0.25, 0.3) is 0 Å². The fourth-order valence-electron chi connectivity index (χ4n) is 0.0395. The number of aliphatic hydroxyl groups is 1. The maximum absolute atomic E-state index is 8.49. The van der Waals surface area contributed by atoms with Gasteiger partial charge >= 0.3 is 0 Å². The van der Waals surface area contributed by atoms with Crippen LogP contribution >= 0.6 is 0 Å². The highest BCUT2D eigenvalue weighted by molar-refractivity contribution is 4.51. The molecule has 0 fully saturated rings. The molecular formula is C4H11NO. The van der Waals surface area contributed by atoms with Crippen molar-refractivity contribution in [2.24, 2.45) is 5.73 Å². The van der Waals surface area contributed by atoms with Crippen LogP contribution in [0.5, 0.6) is 0 Å². The highest BCUT2D eigenvalue weighted by atomic mass is 16.3. The minimum atomic E-state index is -3.01. The molecule has 6 heavy (non-hydrogen) atoms. The van der Waals surface area contributed by atoms with Crippen molar-refractivity contribution in [3.05, 3.63) is 0 Å². The Hall–Kier alpha value is -0.0800. The van der Waals surface area contributed by atoms with Crippen molar-refractivity contribution in [1.29, 1.82) is 0 Å². The van der Waals surface area contributed by atoms with Crippen molar-refractivity contribution in [3.63, 3.8) is 0 Å². The number of aliphatic hydroxyl groups excluding tert-OH is 1. The molecule has 0 aliphatic rings. The zero-order chi connectivity index (χ0) is 10.2. The third kappa shape index (κ3) is 2.18. The van der Waals surface area contributed by atoms with Crippen LogP contribution in [0.2, 0.25) is 0 Å². The summed E-state index contributed by atoms with van der Waals surface area (Å²) in [6.07, 6.45) is -2.92. The molecule has 1 atom stereocenters. The normalized spacial score (nSPS) is 39.0. The first-order chi connectivity index (χ1) is 5.06. The van der Waals surface area contributed by atoms with Crippen LogP contribution in [-0.2, 0) is 0 Å². The first kappa shape index (κ1) is 1.20. The summed E-state index contributed by atoms with van der Waals surface area (Å²) in [6.45, 7) is -4.05. The van der Waals surface area contributed by atoms with Gasteiger partial charge in [-0.15, -0.1) is 0 Å². The van der Waals surface area contributed by atoms with E-state index in [1.807, 2.05) is 0 Å². The van der Waals surface area contributed by atoms with Crippen molar-refractivity contribution < 1.29 is 13.3 Å². The van der Waals surface area contributed by atoms with Crippen LogP contribution in [0.15, 0.2) is 0 Å². The van der Waals surface area contributed by atoms with Gasteiger partial charge in [0.05, 0.1) is 6.61 Å². The monoisotopic (exact) mass is 95.1 g/mol. The molecule has 38 valence electrons. The quantitative estimate of drug-likeness (QED) is 0.495. The molecule has 0 radical (unpaired) electrons. The predicted molar refractivity (Wildman–Crippen MR) is 25.4 cm³/mol. The fourth-order valence-corrected chi connectivity index (χ4v) is 0.0395. The van der Waals surface area contributed by atoms with Gasteiger partial charge in [0.2, 0.25) is 0 Å². The Morgan fingerprint density at radius 1 is 2.50 bits per heavy atom. The summed E-state index contributed by atoms with van der Waals surface area (Å²) in [4.78, 5) is 0. The Kier molecular flexibility index (Phi) is 0.626. The Morgan fingerprint density at radius 3 is 3.33 bits per heavy atom. The second kappa shape index (κ2) is 3.12. The molecule has 0 aliphatic heterocycles. The zero-order valence-corrected chi connectivity index (χ0v) is 3.23. The van der Waals surface area contributed by atoms with Crippen molar-refractivity contribution in [2.45, 2.75) is 19.2 Å². The second-order valence-electron chi connectivity index (χ2n) is 0.808. The molecule has 0 heterocycles. The van der Waals surface area contributed by atoms with Crippen LogP contribution in [0.3, 0.4) is 0 Å². The lowest BCUT2D eigenvalue weighted by Crippen LogP contribution is -2.22. The molecule has 0 saturated heterocycles. The van der Waals surface area contributed by atoms with Gasteiger partial charge in [-0.2, -0.15) is 0 Å². The van der Waals surface area contributed by atoms with E-state index in [1.54, 1.807) is 0 Å². The van der Waals surface area contributed by atoms with Crippen LogP contribution in [-0.4, -0.2) is 17.7 Å². The molecule has 0 rings (SSSR count). The van der Waals surface area contributed by atoms with Gasteiger partial charge in [-0.25, -0.2) is 0 Å². The van der Waals surface area contributed by atoms with Gasteiger partial charge in [-0.1, -0.05) is 6.85 Å². The molecule has 2 nitrogen and oxygen atoms in total. The molecule has 3 N–H and O–H groups in total. The molecule has 0 unspecified atom stereocenters. The smallest absolute Gasteiger partial charge is 0.0582 e. The molecule has 0 saturated carbocycles. The lowest BCUT2D eigenvalue weighted by molar-refractivity contribution is 0.263. The lowest BCUT2D eigenvalue weighted by Gasteiger charge is -1.98. The minimum Gasteiger partial charge on any atom is -0.395 e. The maximum atomic E-state index is 8.49. The maximum Gasteiger partial charge on any atom is 0.0582 e. The lowest BCUT2D eigenvalue weighted by atomic mass is 10.3. The molecule has 0 aromatic heterocycles. The minimum absolute atomic E-state index is 1.04. The van der Waals surface area contributed by atoms with Crippen LogP contribution in [0.4, 0.5) is 0 Å². The van der Waals surface area contributed by atoms with E-state index in [4.69, 9.17) is 19.1 Å². The van der Waals surface area contributed by atoms with Gasteiger partial charge in [-0.3, -0.25) is 0 Å². The summed E-state index contributed by atoms with van der Waals surface area (Å²) >= 11 is 0. The third-order valence-electron chi connectivity index (χ3n) is 0.331. The van der Waals surface area contributed by atoms with Gasteiger partial charge in [0, 0.05) is 14.2 Å². The van der Waals surface area contributed by atoms with Crippen LogP contribution in [0, 0.1) is 0 Å². The summed E-state index contributed by atoms with van der Waals surface area (Å²) < 4.78 is 41.3. The van der Waals surface area contributed by atoms with E-state index in [-0.39, 0.29) is 0 Å². The van der Waals surface area contributed by atoms with Crippen LogP contribution in [0.25, 0.3) is 0 Å². The number of nitrogens with two attached hydrogens (primary N) is 1. The Balaban J connectivity index is 4.85. The zero-order valence-electron chi connectivity index (χ0n) is 9.23. The third-order valence-corrected chi connectivity index (χ3v) is 0.331. The molecule has 0 amide bonds. The van der Waals surface area contributed by atoms with Gasteiger partial charge < -0.3 is 10.8 Å². The van der Waals surface area contributed by atoms with Crippen LogP contribution in [0.1, 0.15) is 21.4 Å². The van der Waals surface area contributed by atoms with E-state index in [0.29, 0.717) is 0 Å². The van der Waals surface area contributed by atoms with Crippen molar-refractivity contribution >= 4 is 0 Å². The van der Waals surface area contributed by atoms with Gasteiger partial charge in [0.15, 0.2) is 0 Å². The van der Waals surface area contributed by atoms with Crippen molar-refractivity contribution in [3.8, 4) is 0 Å². The Bertz CT molecular complexity index is 163. The van der Waals surface area contributed by atoms with E-state index in [0.717, 1.165) is 0 Å². The highest BCUT2D eigenvalue weighted by Crippen LogP contribution is 1.79. The number of rotatable bonds is 2. The predicted octanol–water partition coefficient (Wildman–Crippen LogP) is -0.284. The summed E-state index contributed by atoms with van der Waals surface area (Å²) in [7, 11) is 0. The van der Waals surface area contributed by atoms with E-state index in [9.17, 15) is 0 Å². The molecule has 0 aromatic carbocycles. The molecule has 0 aromatic rings. The molecular weight excluding hydrogens is 78.0 g/mol. The highest BCUT2D eigenvalue weighted by Gasteiger charge is 1.90. The summed E-state index contributed by atoms with van der Waals surface area (Å²) in [6, 6.07) is -2.50. The van der Waals surface area contributed by atoms with Crippen LogP contribution < -0.4 is 5.73 Å². The van der Waals surface area contributed by atoms with Crippen molar-refractivity contribution in [1.82, 2.24) is 0 Å². The molecule has 0 bridgehead atoms. The topological polar surface area (TPSA) is 46.2 Å². The van der Waals surface area contributed by atoms with Gasteiger partial charge in [-0.05, 0) is 6.37 Å². The standard InChI is InChI=1S/C4H11NO/c1-2-4(5)3-6/h4,6H,2-3,5H2,1H3/t4-/m0/s1/i1D3,2D2,4D. The summed E-state index contributed by atoms with van der Waals surface area (Å²) in [5.74, 6) is 0. The first-order valence-electron chi connectivity index (χ1n) is 4.46. The van der Waals surface area contributed by atoms with E-state index in [1.165, 1.54) is 0 Å². The van der Waals surface area contributed by atoms with Gasteiger partial charge in [0.1, 0.15) is 0 Å². The average molecular weight is 95.2 g/mol. The second-order valence-corrected chi connectivity index (χ2v) is 0.808. The SMILES string of the molecule is [2H]C([2H])([2H])C([2H])([2H])[C@]([2H])(N)CO. The summed E-state index contributed by atoms with van der Waals surface area (Å²) in [5, 5.41) is 8.49. The fraction of sp³-hybridized carbons (Fsp3) is 1.00. The van der Waals surface area contributed by atoms with Crippen molar-refractivity contribution in [2.75, 3.05) is 6.61 Å². The summed E-state index contributed by atoms with van der Waals surface area (Å²) in [5.41, 5.74) is 4.96. The average Bonchev–Trinajstić information content (AvgIpc) is 1.85. The molecule has 0 aliphatic carbocycles. The van der Waals surface area contributed by atoms with E-state index < -0.39 is 25.8 Å². The van der Waals surface area contributed by atoms with E-state index in [2.05, 4.69) is 0 Å². The Morgan fingerprint density at radius 2 is 3.17 bits per heavy atom. The number of hydrogen-bond acceptors (Lipinski definition) is 2.